The van der Waals surface area contributed by atoms with Crippen LogP contribution in [-0.2, 0) is 16.9 Å². The van der Waals surface area contributed by atoms with E-state index in [4.69, 9.17) is 23.2 Å². The van der Waals surface area contributed by atoms with Gasteiger partial charge in [-0.25, -0.2) is 13.0 Å². The topological polar surface area (TPSA) is 63.2 Å². The molecule has 1 atom stereocenters. The van der Waals surface area contributed by atoms with Gasteiger partial charge in [-0.1, -0.05) is 29.3 Å². The number of sulfone groups is 1. The second-order valence-corrected chi connectivity index (χ2v) is 8.95. The standard InChI is InChI=1S/C18H17Cl2N2O3S/c1-21-16(12-6-8-13(19)9-7-12)11-22(15-5-3-4-14(20)10-15)17(21)18(23)26(2,24)25/h3-11,18,23H,1-2H3/q+1. The number of nitrogens with zero attached hydrogens (tertiary/aromatic N) is 2. The van der Waals surface area contributed by atoms with Crippen molar-refractivity contribution >= 4 is 33.0 Å². The fourth-order valence-corrected chi connectivity index (χ4v) is 3.72. The monoisotopic (exact) mass is 411 g/mol. The van der Waals surface area contributed by atoms with Gasteiger partial charge in [0.15, 0.2) is 15.5 Å². The molecule has 1 aromatic heterocycles. The van der Waals surface area contributed by atoms with Crippen molar-refractivity contribution in [2.24, 2.45) is 7.05 Å². The van der Waals surface area contributed by atoms with Gasteiger partial charge in [-0.15, -0.1) is 0 Å². The first-order valence-corrected chi connectivity index (χ1v) is 10.4. The minimum absolute atomic E-state index is 0.208. The number of hydrogen-bond acceptors (Lipinski definition) is 3. The molecule has 26 heavy (non-hydrogen) atoms. The maximum absolute atomic E-state index is 12.0. The first kappa shape index (κ1) is 18.9. The largest absolute Gasteiger partial charge is 0.367 e. The molecule has 0 aliphatic rings. The molecule has 0 aliphatic carbocycles. The van der Waals surface area contributed by atoms with Crippen LogP contribution in [0, 0.1) is 0 Å². The molecule has 0 saturated carbocycles. The quantitative estimate of drug-likeness (QED) is 0.669. The molecule has 1 heterocycles. The van der Waals surface area contributed by atoms with Gasteiger partial charge in [0.05, 0.1) is 7.05 Å². The highest BCUT2D eigenvalue weighted by atomic mass is 35.5. The number of halogens is 2. The van der Waals surface area contributed by atoms with Crippen LogP contribution >= 0.6 is 23.2 Å². The summed E-state index contributed by atoms with van der Waals surface area (Å²) in [6.07, 6.45) is 2.76. The molecule has 136 valence electrons. The summed E-state index contributed by atoms with van der Waals surface area (Å²) < 4.78 is 27.3. The van der Waals surface area contributed by atoms with Crippen LogP contribution in [0.4, 0.5) is 0 Å². The lowest BCUT2D eigenvalue weighted by Gasteiger charge is -2.08. The minimum atomic E-state index is -3.73. The summed E-state index contributed by atoms with van der Waals surface area (Å²) in [6.45, 7) is 0. The van der Waals surface area contributed by atoms with Gasteiger partial charge in [-0.05, 0) is 36.4 Å². The van der Waals surface area contributed by atoms with Crippen LogP contribution in [-0.4, -0.2) is 24.3 Å². The van der Waals surface area contributed by atoms with Crippen molar-refractivity contribution in [1.29, 1.82) is 0 Å². The lowest BCUT2D eigenvalue weighted by atomic mass is 10.2. The number of rotatable bonds is 4. The number of imidazole rings is 1. The molecule has 0 amide bonds. The number of aromatic nitrogens is 2. The van der Waals surface area contributed by atoms with Crippen LogP contribution in [0.2, 0.25) is 10.0 Å². The third kappa shape index (κ3) is 3.64. The molecule has 3 aromatic rings. The van der Waals surface area contributed by atoms with Gasteiger partial charge in [0.25, 0.3) is 5.44 Å². The van der Waals surface area contributed by atoms with Gasteiger partial charge in [-0.3, -0.25) is 0 Å². The summed E-state index contributed by atoms with van der Waals surface area (Å²) in [4.78, 5) is 0. The molecule has 0 bridgehead atoms. The molecular formula is C18H17Cl2N2O3S+. The molecule has 0 aliphatic heterocycles. The maximum Gasteiger partial charge on any atom is 0.307 e. The number of benzene rings is 2. The Balaban J connectivity index is 2.28. The molecule has 5 nitrogen and oxygen atoms in total. The Hall–Kier alpha value is -1.86. The van der Waals surface area contributed by atoms with Crippen molar-refractivity contribution in [3.63, 3.8) is 0 Å². The zero-order valence-electron chi connectivity index (χ0n) is 14.1. The Bertz CT molecular complexity index is 1060. The van der Waals surface area contributed by atoms with E-state index in [9.17, 15) is 13.5 Å². The van der Waals surface area contributed by atoms with Crippen molar-refractivity contribution in [1.82, 2.24) is 4.57 Å². The fourth-order valence-electron chi connectivity index (χ4n) is 2.76. The molecule has 8 heteroatoms. The van der Waals surface area contributed by atoms with Crippen molar-refractivity contribution in [3.8, 4) is 16.9 Å². The lowest BCUT2D eigenvalue weighted by Crippen LogP contribution is -2.38. The molecule has 0 radical (unpaired) electrons. The number of aliphatic hydroxyl groups excluding tert-OH is 1. The molecule has 0 spiro atoms. The van der Waals surface area contributed by atoms with Crippen LogP contribution in [0.15, 0.2) is 54.7 Å². The Morgan fingerprint density at radius 1 is 1.08 bits per heavy atom. The zero-order chi connectivity index (χ0) is 19.1. The normalized spacial score (nSPS) is 13.0. The van der Waals surface area contributed by atoms with Crippen LogP contribution < -0.4 is 4.57 Å². The minimum Gasteiger partial charge on any atom is -0.367 e. The summed E-state index contributed by atoms with van der Waals surface area (Å²) in [5, 5.41) is 11.6. The molecule has 0 fully saturated rings. The first-order valence-electron chi connectivity index (χ1n) is 7.68. The predicted octanol–water partition coefficient (Wildman–Crippen LogP) is 3.31. The molecular weight excluding hydrogens is 395 g/mol. The van der Waals surface area contributed by atoms with E-state index in [0.29, 0.717) is 15.7 Å². The van der Waals surface area contributed by atoms with E-state index in [1.807, 2.05) is 12.1 Å². The van der Waals surface area contributed by atoms with Crippen molar-refractivity contribution in [2.45, 2.75) is 5.44 Å². The first-order chi connectivity index (χ1) is 12.2. The average Bonchev–Trinajstić information content (AvgIpc) is 2.91. The highest BCUT2D eigenvalue weighted by molar-refractivity contribution is 7.90. The summed E-state index contributed by atoms with van der Waals surface area (Å²) in [5.74, 6) is 0.208. The second-order valence-electron chi connectivity index (χ2n) is 5.97. The number of aliphatic hydroxyl groups is 1. The number of hydrogen-bond donors (Lipinski definition) is 1. The van der Waals surface area contributed by atoms with Crippen molar-refractivity contribution in [2.75, 3.05) is 6.26 Å². The van der Waals surface area contributed by atoms with E-state index in [2.05, 4.69) is 0 Å². The van der Waals surface area contributed by atoms with Crippen molar-refractivity contribution < 1.29 is 18.1 Å². The Morgan fingerprint density at radius 2 is 1.73 bits per heavy atom. The van der Waals surface area contributed by atoms with Gasteiger partial charge in [-0.2, -0.15) is 4.57 Å². The van der Waals surface area contributed by atoms with Crippen LogP contribution in [0.5, 0.6) is 0 Å². The Kier molecular flexibility index (Phi) is 5.12. The van der Waals surface area contributed by atoms with E-state index in [0.717, 1.165) is 17.5 Å². The highest BCUT2D eigenvalue weighted by Crippen LogP contribution is 2.27. The second kappa shape index (κ2) is 7.04. The van der Waals surface area contributed by atoms with E-state index in [-0.39, 0.29) is 5.82 Å². The van der Waals surface area contributed by atoms with Gasteiger partial charge < -0.3 is 5.11 Å². The molecule has 1 N–H and O–H groups in total. The van der Waals surface area contributed by atoms with E-state index >= 15 is 0 Å². The van der Waals surface area contributed by atoms with E-state index in [1.54, 1.807) is 58.8 Å². The zero-order valence-corrected chi connectivity index (χ0v) is 16.4. The fraction of sp³-hybridized carbons (Fsp3) is 0.167. The van der Waals surface area contributed by atoms with Gasteiger partial charge in [0, 0.05) is 27.9 Å². The predicted molar refractivity (Wildman–Crippen MR) is 102 cm³/mol. The van der Waals surface area contributed by atoms with Crippen LogP contribution in [0.25, 0.3) is 16.9 Å². The summed E-state index contributed by atoms with van der Waals surface area (Å²) in [5.41, 5.74) is 0.512. The van der Waals surface area contributed by atoms with E-state index < -0.39 is 15.3 Å². The molecule has 0 saturated heterocycles. The third-order valence-electron chi connectivity index (χ3n) is 4.06. The van der Waals surface area contributed by atoms with Crippen LogP contribution in [0.1, 0.15) is 11.3 Å². The van der Waals surface area contributed by atoms with Crippen LogP contribution in [0.3, 0.4) is 0 Å². The molecule has 2 aromatic carbocycles. The average molecular weight is 412 g/mol. The van der Waals surface area contributed by atoms with Gasteiger partial charge in [0.1, 0.15) is 11.9 Å². The summed E-state index contributed by atoms with van der Waals surface area (Å²) >= 11 is 12.0. The van der Waals surface area contributed by atoms with Crippen molar-refractivity contribution in [3.05, 3.63) is 70.6 Å². The van der Waals surface area contributed by atoms with E-state index in [1.165, 1.54) is 0 Å². The Labute approximate surface area is 162 Å². The summed E-state index contributed by atoms with van der Waals surface area (Å²) in [6, 6.07) is 14.1. The summed E-state index contributed by atoms with van der Waals surface area (Å²) in [7, 11) is -2.03. The Morgan fingerprint density at radius 3 is 2.31 bits per heavy atom. The van der Waals surface area contributed by atoms with Gasteiger partial charge in [0.2, 0.25) is 0 Å². The smallest absolute Gasteiger partial charge is 0.307 e. The highest BCUT2D eigenvalue weighted by Gasteiger charge is 2.35. The third-order valence-corrected chi connectivity index (χ3v) is 5.56. The molecule has 1 unspecified atom stereocenters. The molecule has 3 rings (SSSR count). The van der Waals surface area contributed by atoms with Gasteiger partial charge >= 0.3 is 5.82 Å². The lowest BCUT2D eigenvalue weighted by molar-refractivity contribution is -0.670. The SMILES string of the molecule is C[n+]1c(-c2ccc(Cl)cc2)cn(-c2cccc(Cl)c2)c1C(O)S(C)(=O)=O. The maximum atomic E-state index is 12.0.